The van der Waals surface area contributed by atoms with Crippen molar-refractivity contribution in [2.45, 2.75) is 36.3 Å². The highest BCUT2D eigenvalue weighted by molar-refractivity contribution is 8.14. The van der Waals surface area contributed by atoms with Crippen molar-refractivity contribution in [3.05, 3.63) is 12.7 Å². The smallest absolute Gasteiger partial charge is 0.394 e. The summed E-state index contributed by atoms with van der Waals surface area (Å²) in [5, 5.41) is 41.3. The van der Waals surface area contributed by atoms with Gasteiger partial charge in [0.15, 0.2) is 0 Å². The van der Waals surface area contributed by atoms with Crippen LogP contribution in [0.1, 0.15) is 6.42 Å². The van der Waals surface area contributed by atoms with E-state index >= 15 is 0 Å². The van der Waals surface area contributed by atoms with Crippen molar-refractivity contribution in [1.29, 1.82) is 0 Å². The molecule has 1 rings (SSSR count). The summed E-state index contributed by atoms with van der Waals surface area (Å²) in [6.45, 7) is 2.82. The first kappa shape index (κ1) is 19.3. The Balaban J connectivity index is 2.85. The fraction of sp³-hybridized carbons (Fsp3) is 0.700. The van der Waals surface area contributed by atoms with Gasteiger partial charge >= 0.3 is 10.4 Å². The molecule has 10 nitrogen and oxygen atoms in total. The lowest BCUT2D eigenvalue weighted by Crippen LogP contribution is -2.57. The number of aliphatic hydroxyl groups excluding tert-OH is 4. The number of allylic oxidation sites excluding steroid dienone is 1. The van der Waals surface area contributed by atoms with Crippen LogP contribution in [0.5, 0.6) is 0 Å². The van der Waals surface area contributed by atoms with Crippen LogP contribution in [0.25, 0.3) is 0 Å². The van der Waals surface area contributed by atoms with Crippen molar-refractivity contribution in [3.8, 4) is 0 Å². The lowest BCUT2D eigenvalue weighted by Gasteiger charge is -2.39. The van der Waals surface area contributed by atoms with Crippen LogP contribution in [-0.4, -0.2) is 74.9 Å². The number of hydrogen-bond acceptors (Lipinski definition) is 10. The average Bonchev–Trinajstić information content (AvgIpc) is 2.44. The van der Waals surface area contributed by atoms with Gasteiger partial charge < -0.3 is 25.2 Å². The van der Waals surface area contributed by atoms with Crippen LogP contribution in [0.15, 0.2) is 17.8 Å². The Morgan fingerprint density at radius 1 is 1.32 bits per heavy atom. The Morgan fingerprint density at radius 2 is 1.95 bits per heavy atom. The van der Waals surface area contributed by atoms with Gasteiger partial charge in [-0.25, -0.2) is 4.28 Å². The number of oxime groups is 1. The van der Waals surface area contributed by atoms with Crippen LogP contribution in [0, 0.1) is 0 Å². The molecular weight excluding hydrogens is 342 g/mol. The van der Waals surface area contributed by atoms with Gasteiger partial charge in [0, 0.05) is 6.42 Å². The second kappa shape index (κ2) is 8.21. The van der Waals surface area contributed by atoms with E-state index in [0.29, 0.717) is 11.8 Å². The molecule has 1 aliphatic rings. The topological polar surface area (TPSA) is 166 Å². The maximum absolute atomic E-state index is 10.5. The predicted molar refractivity (Wildman–Crippen MR) is 76.2 cm³/mol. The van der Waals surface area contributed by atoms with Crippen molar-refractivity contribution >= 4 is 27.2 Å². The molecule has 0 spiro atoms. The minimum Gasteiger partial charge on any atom is -0.394 e. The summed E-state index contributed by atoms with van der Waals surface area (Å²) in [5.74, 6) is 0. The molecule has 22 heavy (non-hydrogen) atoms. The fourth-order valence-corrected chi connectivity index (χ4v) is 2.91. The second-order valence-electron chi connectivity index (χ2n) is 4.30. The van der Waals surface area contributed by atoms with E-state index in [2.05, 4.69) is 16.0 Å². The third-order valence-corrected chi connectivity index (χ3v) is 4.05. The van der Waals surface area contributed by atoms with Gasteiger partial charge in [0.2, 0.25) is 0 Å². The number of nitrogens with zero attached hydrogens (tertiary/aromatic N) is 1. The molecule has 128 valence electrons. The molecule has 1 saturated heterocycles. The summed E-state index contributed by atoms with van der Waals surface area (Å²) < 4.78 is 38.5. The number of hydrogen-bond donors (Lipinski definition) is 5. The van der Waals surface area contributed by atoms with E-state index in [9.17, 15) is 23.7 Å². The molecule has 0 saturated carbocycles. The summed E-state index contributed by atoms with van der Waals surface area (Å²) in [7, 11) is -4.79. The number of ether oxygens (including phenoxy) is 1. The van der Waals surface area contributed by atoms with E-state index in [4.69, 9.17) is 14.4 Å². The number of aliphatic hydroxyl groups is 4. The van der Waals surface area contributed by atoms with Crippen molar-refractivity contribution in [2.75, 3.05) is 6.61 Å². The van der Waals surface area contributed by atoms with E-state index in [-0.39, 0.29) is 11.5 Å². The van der Waals surface area contributed by atoms with Gasteiger partial charge in [-0.1, -0.05) is 23.0 Å². The van der Waals surface area contributed by atoms with E-state index in [1.807, 2.05) is 0 Å². The summed E-state index contributed by atoms with van der Waals surface area (Å²) in [6.07, 6.45) is -4.34. The highest BCUT2D eigenvalue weighted by Crippen LogP contribution is 2.30. The largest absolute Gasteiger partial charge is 0.466 e. The highest BCUT2D eigenvalue weighted by Gasteiger charge is 2.44. The van der Waals surface area contributed by atoms with Gasteiger partial charge in [-0.05, 0) is 0 Å². The van der Waals surface area contributed by atoms with E-state index < -0.39 is 46.9 Å². The quantitative estimate of drug-likeness (QED) is 0.120. The maximum atomic E-state index is 10.5. The second-order valence-corrected chi connectivity index (χ2v) is 6.47. The monoisotopic (exact) mass is 359 g/mol. The Labute approximate surface area is 131 Å². The lowest BCUT2D eigenvalue weighted by molar-refractivity contribution is -0.205. The molecule has 12 heteroatoms. The molecule has 0 aromatic carbocycles. The summed E-state index contributed by atoms with van der Waals surface area (Å²) in [5.41, 5.74) is -1.15. The molecule has 1 fully saturated rings. The van der Waals surface area contributed by atoms with Crippen LogP contribution in [0.4, 0.5) is 0 Å². The van der Waals surface area contributed by atoms with Crippen molar-refractivity contribution in [2.24, 2.45) is 5.16 Å². The summed E-state index contributed by atoms with van der Waals surface area (Å²) in [6, 6.07) is 0. The molecule has 0 bridgehead atoms. The van der Waals surface area contributed by atoms with Crippen LogP contribution in [0.2, 0.25) is 0 Å². The third-order valence-electron chi connectivity index (χ3n) is 2.65. The molecule has 1 heterocycles. The minimum atomic E-state index is -4.79. The maximum Gasteiger partial charge on any atom is 0.466 e. The standard InChI is InChI=1S/C10H17NO9S2/c1-2-3-6(11-20-22(16,17)18)21-10-9(15)8(14)7(13)5(4-12)19-10/h2,5,7-10,12-15H,1,3-4H2,(H,16,17,18)/b11-6-/t5-,7-,8-,9+,10+/m0/s1. The molecule has 0 aliphatic carbocycles. The predicted octanol–water partition coefficient (Wildman–Crippen LogP) is -1.77. The van der Waals surface area contributed by atoms with Crippen molar-refractivity contribution < 1.29 is 42.4 Å². The van der Waals surface area contributed by atoms with Gasteiger partial charge in [0.25, 0.3) is 0 Å². The van der Waals surface area contributed by atoms with Gasteiger partial charge in [0.05, 0.1) is 6.61 Å². The van der Waals surface area contributed by atoms with Gasteiger partial charge in [-0.15, -0.1) is 6.58 Å². The van der Waals surface area contributed by atoms with Crippen LogP contribution in [0.3, 0.4) is 0 Å². The molecule has 0 radical (unpaired) electrons. The molecule has 0 aromatic heterocycles. The molecule has 5 atom stereocenters. The van der Waals surface area contributed by atoms with Crippen LogP contribution >= 0.6 is 11.8 Å². The Hall–Kier alpha value is -0.730. The Bertz CT molecular complexity index is 507. The van der Waals surface area contributed by atoms with E-state index in [1.54, 1.807) is 0 Å². The zero-order valence-electron chi connectivity index (χ0n) is 11.2. The SMILES string of the molecule is C=CC/C(=N/OS(=O)(=O)O)S[C@H]1O[C@@H](CO)[C@H](O)[C@H](O)[C@H]1O. The van der Waals surface area contributed by atoms with E-state index in [1.165, 1.54) is 6.08 Å². The Kier molecular flexibility index (Phi) is 7.21. The van der Waals surface area contributed by atoms with Crippen LogP contribution < -0.4 is 0 Å². The summed E-state index contributed by atoms with van der Waals surface area (Å²) in [4.78, 5) is 0. The first-order valence-corrected chi connectivity index (χ1v) is 8.25. The number of rotatable bonds is 6. The molecule has 1 aliphatic heterocycles. The molecule has 0 aromatic rings. The number of thioether (sulfide) groups is 1. The van der Waals surface area contributed by atoms with E-state index in [0.717, 1.165) is 0 Å². The third kappa shape index (κ3) is 5.48. The minimum absolute atomic E-state index is 0.0230. The van der Waals surface area contributed by atoms with Crippen molar-refractivity contribution in [1.82, 2.24) is 0 Å². The normalized spacial score (nSPS) is 33.5. The zero-order valence-corrected chi connectivity index (χ0v) is 12.9. The highest BCUT2D eigenvalue weighted by atomic mass is 32.3. The van der Waals surface area contributed by atoms with Gasteiger partial charge in [-0.3, -0.25) is 4.55 Å². The van der Waals surface area contributed by atoms with Crippen molar-refractivity contribution in [3.63, 3.8) is 0 Å². The lowest BCUT2D eigenvalue weighted by atomic mass is 10.0. The zero-order chi connectivity index (χ0) is 16.9. The van der Waals surface area contributed by atoms with Crippen LogP contribution in [-0.2, 0) is 19.4 Å². The first-order valence-electron chi connectivity index (χ1n) is 6.00. The van der Waals surface area contributed by atoms with Gasteiger partial charge in [0.1, 0.15) is 34.9 Å². The molecular formula is C10H17NO9S2. The molecule has 0 unspecified atom stereocenters. The molecule has 0 amide bonds. The molecule has 5 N–H and O–H groups in total. The summed E-state index contributed by atoms with van der Waals surface area (Å²) >= 11 is 0.688. The van der Waals surface area contributed by atoms with Gasteiger partial charge in [-0.2, -0.15) is 8.42 Å². The Morgan fingerprint density at radius 3 is 2.45 bits per heavy atom. The first-order chi connectivity index (χ1) is 10.2. The fourth-order valence-electron chi connectivity index (χ4n) is 1.62. The average molecular weight is 359 g/mol.